The lowest BCUT2D eigenvalue weighted by molar-refractivity contribution is 0.178. The maximum atomic E-state index is 12.6. The molecule has 0 aromatic heterocycles. The highest BCUT2D eigenvalue weighted by Crippen LogP contribution is 2.30. The third kappa shape index (κ3) is 3.43. The molecule has 0 saturated heterocycles. The number of aliphatic hydroxyl groups excluding tert-OH is 1. The van der Waals surface area contributed by atoms with Crippen LogP contribution in [0.3, 0.4) is 0 Å². The Morgan fingerprint density at radius 1 is 1.19 bits per heavy atom. The summed E-state index contributed by atoms with van der Waals surface area (Å²) in [5.41, 5.74) is 0. The van der Waals surface area contributed by atoms with Gasteiger partial charge in [0.15, 0.2) is 0 Å². The van der Waals surface area contributed by atoms with Gasteiger partial charge < -0.3 is 5.11 Å². The Morgan fingerprint density at radius 3 is 2.29 bits per heavy atom. The van der Waals surface area contributed by atoms with Gasteiger partial charge in [0.25, 0.3) is 0 Å². The van der Waals surface area contributed by atoms with Gasteiger partial charge in [0, 0.05) is 12.6 Å². The average Bonchev–Trinajstić information content (AvgIpc) is 2.35. The molecule has 0 amide bonds. The van der Waals surface area contributed by atoms with E-state index in [1.165, 1.54) is 22.5 Å². The maximum Gasteiger partial charge on any atom is 0.243 e. The van der Waals surface area contributed by atoms with Gasteiger partial charge in [-0.15, -0.1) is 0 Å². The number of hydrogen-bond acceptors (Lipinski definition) is 5. The Labute approximate surface area is 124 Å². The summed E-state index contributed by atoms with van der Waals surface area (Å²) in [6.45, 7) is -0.294. The standard InChI is InChI=1S/C12H18N2O5S2/c13-20(16,17)11-5-2-6-12(9-11)21(18,19)14(7-8-15)10-3-1-4-10/h2,5-6,9-10,15H,1,3-4,7-8H2,(H2,13,16,17). The van der Waals surface area contributed by atoms with Gasteiger partial charge in [0.2, 0.25) is 20.0 Å². The lowest BCUT2D eigenvalue weighted by Gasteiger charge is -2.36. The molecule has 0 heterocycles. The first-order valence-corrected chi connectivity index (χ1v) is 9.51. The number of rotatable bonds is 6. The van der Waals surface area contributed by atoms with Gasteiger partial charge >= 0.3 is 0 Å². The van der Waals surface area contributed by atoms with E-state index in [4.69, 9.17) is 10.2 Å². The predicted octanol–water partition coefficient (Wildman–Crippen LogP) is -0.130. The van der Waals surface area contributed by atoms with Crippen LogP contribution >= 0.6 is 0 Å². The summed E-state index contributed by atoms with van der Waals surface area (Å²) in [4.78, 5) is -0.379. The van der Waals surface area contributed by atoms with Crippen LogP contribution in [0.1, 0.15) is 19.3 Å². The first-order chi connectivity index (χ1) is 9.76. The zero-order valence-electron chi connectivity index (χ0n) is 11.3. The molecule has 7 nitrogen and oxygen atoms in total. The predicted molar refractivity (Wildman–Crippen MR) is 76.4 cm³/mol. The van der Waals surface area contributed by atoms with Crippen LogP contribution < -0.4 is 5.14 Å². The molecule has 0 atom stereocenters. The number of primary sulfonamides is 1. The molecule has 1 saturated carbocycles. The summed E-state index contributed by atoms with van der Waals surface area (Å²) in [5, 5.41) is 14.1. The largest absolute Gasteiger partial charge is 0.395 e. The second-order valence-corrected chi connectivity index (χ2v) is 8.40. The van der Waals surface area contributed by atoms with Crippen LogP contribution in [0.4, 0.5) is 0 Å². The zero-order valence-corrected chi connectivity index (χ0v) is 13.0. The number of aliphatic hydroxyl groups is 1. The van der Waals surface area contributed by atoms with E-state index < -0.39 is 20.0 Å². The van der Waals surface area contributed by atoms with E-state index in [1.807, 2.05) is 0 Å². The van der Waals surface area contributed by atoms with Crippen LogP contribution in [0.25, 0.3) is 0 Å². The van der Waals surface area contributed by atoms with Gasteiger partial charge in [-0.3, -0.25) is 0 Å². The zero-order chi connectivity index (χ0) is 15.7. The Kier molecular flexibility index (Phi) is 4.69. The molecule has 0 aliphatic heterocycles. The third-order valence-electron chi connectivity index (χ3n) is 3.54. The molecule has 1 fully saturated rings. The Bertz CT molecular complexity index is 711. The Hall–Kier alpha value is -1.00. The molecule has 118 valence electrons. The van der Waals surface area contributed by atoms with Crippen molar-refractivity contribution in [2.75, 3.05) is 13.2 Å². The summed E-state index contributed by atoms with van der Waals surface area (Å²) in [7, 11) is -7.82. The lowest BCUT2D eigenvalue weighted by atomic mass is 9.93. The third-order valence-corrected chi connectivity index (χ3v) is 6.40. The van der Waals surface area contributed by atoms with E-state index in [1.54, 1.807) is 0 Å². The molecule has 0 spiro atoms. The molecule has 21 heavy (non-hydrogen) atoms. The molecule has 1 aromatic carbocycles. The quantitative estimate of drug-likeness (QED) is 0.751. The molecule has 1 aliphatic carbocycles. The van der Waals surface area contributed by atoms with Crippen molar-refractivity contribution in [2.24, 2.45) is 5.14 Å². The lowest BCUT2D eigenvalue weighted by Crippen LogP contribution is -2.45. The van der Waals surface area contributed by atoms with Gasteiger partial charge in [0.05, 0.1) is 16.4 Å². The molecule has 0 bridgehead atoms. The minimum Gasteiger partial charge on any atom is -0.395 e. The topological polar surface area (TPSA) is 118 Å². The first-order valence-electron chi connectivity index (χ1n) is 6.52. The second kappa shape index (κ2) is 6.01. The van der Waals surface area contributed by atoms with Crippen molar-refractivity contribution in [2.45, 2.75) is 35.1 Å². The van der Waals surface area contributed by atoms with Crippen LogP contribution in [-0.2, 0) is 20.0 Å². The van der Waals surface area contributed by atoms with Crippen LogP contribution in [0.15, 0.2) is 34.1 Å². The average molecular weight is 334 g/mol. The summed E-state index contributed by atoms with van der Waals surface area (Å²) >= 11 is 0. The summed E-state index contributed by atoms with van der Waals surface area (Å²) in [6, 6.07) is 4.82. The van der Waals surface area contributed by atoms with Crippen molar-refractivity contribution in [1.82, 2.24) is 4.31 Å². The van der Waals surface area contributed by atoms with E-state index in [0.717, 1.165) is 25.3 Å². The number of benzene rings is 1. The number of nitrogens with zero attached hydrogens (tertiary/aromatic N) is 1. The number of sulfonamides is 2. The van der Waals surface area contributed by atoms with Crippen molar-refractivity contribution in [3.8, 4) is 0 Å². The fourth-order valence-electron chi connectivity index (χ4n) is 2.22. The Morgan fingerprint density at radius 2 is 1.81 bits per heavy atom. The van der Waals surface area contributed by atoms with Crippen LogP contribution in [0, 0.1) is 0 Å². The van der Waals surface area contributed by atoms with Crippen molar-refractivity contribution in [3.63, 3.8) is 0 Å². The molecular weight excluding hydrogens is 316 g/mol. The second-order valence-electron chi connectivity index (χ2n) is 4.94. The van der Waals surface area contributed by atoms with Crippen LogP contribution in [0.5, 0.6) is 0 Å². The van der Waals surface area contributed by atoms with Crippen molar-refractivity contribution < 1.29 is 21.9 Å². The molecule has 0 unspecified atom stereocenters. The van der Waals surface area contributed by atoms with E-state index in [2.05, 4.69) is 0 Å². The van der Waals surface area contributed by atoms with Crippen molar-refractivity contribution in [1.29, 1.82) is 0 Å². The number of nitrogens with two attached hydrogens (primary N) is 1. The minimum atomic E-state index is -3.97. The van der Waals surface area contributed by atoms with E-state index in [-0.39, 0.29) is 29.0 Å². The van der Waals surface area contributed by atoms with Crippen molar-refractivity contribution in [3.05, 3.63) is 24.3 Å². The molecule has 2 rings (SSSR count). The van der Waals surface area contributed by atoms with E-state index in [9.17, 15) is 16.8 Å². The first kappa shape index (κ1) is 16.4. The molecule has 9 heteroatoms. The van der Waals surface area contributed by atoms with Crippen LogP contribution in [0.2, 0.25) is 0 Å². The maximum absolute atomic E-state index is 12.6. The van der Waals surface area contributed by atoms with E-state index in [0.29, 0.717) is 0 Å². The molecular formula is C12H18N2O5S2. The highest BCUT2D eigenvalue weighted by Gasteiger charge is 2.34. The fraction of sp³-hybridized carbons (Fsp3) is 0.500. The van der Waals surface area contributed by atoms with Gasteiger partial charge in [-0.25, -0.2) is 22.0 Å². The fourth-order valence-corrected chi connectivity index (χ4v) is 4.58. The minimum absolute atomic E-state index is 0.00734. The van der Waals surface area contributed by atoms with Crippen LogP contribution in [-0.4, -0.2) is 45.4 Å². The van der Waals surface area contributed by atoms with Crippen molar-refractivity contribution >= 4 is 20.0 Å². The SMILES string of the molecule is NS(=O)(=O)c1cccc(S(=O)(=O)N(CCO)C2CCC2)c1. The smallest absolute Gasteiger partial charge is 0.243 e. The summed E-state index contributed by atoms with van der Waals surface area (Å²) in [6.07, 6.45) is 2.43. The number of hydrogen-bond donors (Lipinski definition) is 2. The Balaban J connectivity index is 2.42. The monoisotopic (exact) mass is 334 g/mol. The molecule has 1 aliphatic rings. The van der Waals surface area contributed by atoms with Gasteiger partial charge in [0.1, 0.15) is 0 Å². The summed E-state index contributed by atoms with van der Waals surface area (Å²) < 4.78 is 49.1. The highest BCUT2D eigenvalue weighted by atomic mass is 32.2. The molecule has 3 N–H and O–H groups in total. The van der Waals surface area contributed by atoms with Gasteiger partial charge in [-0.2, -0.15) is 4.31 Å². The molecule has 0 radical (unpaired) electrons. The molecule has 1 aromatic rings. The van der Waals surface area contributed by atoms with Gasteiger partial charge in [-0.05, 0) is 31.0 Å². The normalized spacial score (nSPS) is 16.9. The van der Waals surface area contributed by atoms with Gasteiger partial charge in [-0.1, -0.05) is 12.5 Å². The summed E-state index contributed by atoms with van der Waals surface area (Å²) in [5.74, 6) is 0. The van der Waals surface area contributed by atoms with E-state index >= 15 is 0 Å². The highest BCUT2D eigenvalue weighted by molar-refractivity contribution is 7.90.